The summed E-state index contributed by atoms with van der Waals surface area (Å²) in [7, 11) is 0. The highest BCUT2D eigenvalue weighted by molar-refractivity contribution is 5.03. The van der Waals surface area contributed by atoms with Crippen molar-refractivity contribution < 1.29 is 1.43 Å². The molecular formula is C8H17N. The Labute approximate surface area is 58.3 Å². The van der Waals surface area contributed by atoms with Gasteiger partial charge in [-0.15, -0.1) is 0 Å². The molecular weight excluding hydrogens is 110 g/mol. The van der Waals surface area contributed by atoms with E-state index in [1.807, 2.05) is 0 Å². The van der Waals surface area contributed by atoms with E-state index < -0.39 is 0 Å². The van der Waals surface area contributed by atoms with Gasteiger partial charge >= 0.3 is 0 Å². The molecule has 9 heavy (non-hydrogen) atoms. The molecule has 1 heterocycles. The number of hydrogen-bond donors (Lipinski definition) is 1. The second-order valence-electron chi connectivity index (χ2n) is 3.86. The summed E-state index contributed by atoms with van der Waals surface area (Å²) in [5, 5.41) is 3.63. The van der Waals surface area contributed by atoms with Gasteiger partial charge in [0.05, 0.1) is 0 Å². The van der Waals surface area contributed by atoms with Crippen LogP contribution >= 0.6 is 0 Å². The van der Waals surface area contributed by atoms with Gasteiger partial charge in [-0.05, 0) is 24.7 Å². The summed E-state index contributed by atoms with van der Waals surface area (Å²) in [6.07, 6.45) is 2.91. The molecule has 3 atom stereocenters. The predicted octanol–water partition coefficient (Wildman–Crippen LogP) is 1.64. The van der Waals surface area contributed by atoms with Crippen molar-refractivity contribution in [3.05, 3.63) is 0 Å². The van der Waals surface area contributed by atoms with E-state index in [0.29, 0.717) is 0 Å². The summed E-state index contributed by atoms with van der Waals surface area (Å²) in [5.74, 6) is 1.91. The molecule has 1 heteroatoms. The maximum Gasteiger partial charge on any atom is 0.0102 e. The number of nitrogens with one attached hydrogen (secondary N) is 1. The molecule has 2 aliphatic rings. The fraction of sp³-hybridized carbons (Fsp3) is 1.00. The summed E-state index contributed by atoms with van der Waals surface area (Å²) < 4.78 is 0. The molecule has 0 radical (unpaired) electrons. The van der Waals surface area contributed by atoms with Crippen molar-refractivity contribution in [3.63, 3.8) is 0 Å². The van der Waals surface area contributed by atoms with E-state index in [9.17, 15) is 0 Å². The van der Waals surface area contributed by atoms with Gasteiger partial charge in [0.2, 0.25) is 0 Å². The molecule has 1 N–H and O–H groups in total. The molecule has 0 aromatic rings. The summed E-state index contributed by atoms with van der Waals surface area (Å²) in [6.45, 7) is 4.62. The molecule has 1 aliphatic carbocycles. The van der Waals surface area contributed by atoms with E-state index in [4.69, 9.17) is 0 Å². The fourth-order valence-corrected chi connectivity index (χ4v) is 1.85. The fourth-order valence-electron chi connectivity index (χ4n) is 1.85. The Balaban J connectivity index is 0.000000500. The lowest BCUT2D eigenvalue weighted by Gasteiger charge is -2.16. The molecule has 0 amide bonds. The van der Waals surface area contributed by atoms with Crippen LogP contribution in [0.4, 0.5) is 0 Å². The Morgan fingerprint density at radius 2 is 2.22 bits per heavy atom. The zero-order valence-electron chi connectivity index (χ0n) is 6.22. The second-order valence-corrected chi connectivity index (χ2v) is 3.86. The molecule has 1 nitrogen and oxygen atoms in total. The van der Waals surface area contributed by atoms with Gasteiger partial charge in [-0.2, -0.15) is 0 Å². The third-order valence-corrected chi connectivity index (χ3v) is 2.71. The van der Waals surface area contributed by atoms with Crippen molar-refractivity contribution in [1.82, 2.24) is 5.32 Å². The van der Waals surface area contributed by atoms with Crippen molar-refractivity contribution >= 4 is 0 Å². The average molecular weight is 127 g/mol. The van der Waals surface area contributed by atoms with Crippen LogP contribution in [0.1, 0.15) is 28.1 Å². The lowest BCUT2D eigenvalue weighted by molar-refractivity contribution is 0.416. The van der Waals surface area contributed by atoms with Crippen molar-refractivity contribution in [2.45, 2.75) is 38.8 Å². The van der Waals surface area contributed by atoms with Gasteiger partial charge in [0.15, 0.2) is 0 Å². The molecule has 54 valence electrons. The van der Waals surface area contributed by atoms with Gasteiger partial charge in [-0.1, -0.05) is 13.8 Å². The largest absolute Gasteiger partial charge is 0.311 e. The summed E-state index contributed by atoms with van der Waals surface area (Å²) in [5.41, 5.74) is 0. The summed E-state index contributed by atoms with van der Waals surface area (Å²) >= 11 is 0. The summed E-state index contributed by atoms with van der Waals surface area (Å²) in [4.78, 5) is 0. The third kappa shape index (κ3) is 0.877. The molecule has 3 unspecified atom stereocenters. The molecule has 0 aromatic heterocycles. The minimum atomic E-state index is 0. The van der Waals surface area contributed by atoms with E-state index in [0.717, 1.165) is 23.9 Å². The van der Waals surface area contributed by atoms with Gasteiger partial charge in [0.25, 0.3) is 0 Å². The highest BCUT2D eigenvalue weighted by Gasteiger charge is 2.45. The lowest BCUT2D eigenvalue weighted by atomic mass is 10.0. The number of fused-ring (bicyclic) bond motifs is 1. The van der Waals surface area contributed by atoms with Crippen molar-refractivity contribution in [2.24, 2.45) is 11.8 Å². The minimum Gasteiger partial charge on any atom is -0.311 e. The van der Waals surface area contributed by atoms with E-state index in [2.05, 4.69) is 19.2 Å². The van der Waals surface area contributed by atoms with Crippen molar-refractivity contribution in [2.75, 3.05) is 0 Å². The first-order valence-corrected chi connectivity index (χ1v) is 4.03. The van der Waals surface area contributed by atoms with Gasteiger partial charge in [-0.3, -0.25) is 0 Å². The predicted molar refractivity (Wildman–Crippen MR) is 40.4 cm³/mol. The number of rotatable bonds is 1. The molecule has 0 spiro atoms. The molecule has 1 aliphatic heterocycles. The Kier molecular flexibility index (Phi) is 1.10. The average Bonchev–Trinajstić information content (AvgIpc) is 2.40. The van der Waals surface area contributed by atoms with E-state index in [1.54, 1.807) is 0 Å². The Morgan fingerprint density at radius 1 is 1.44 bits per heavy atom. The van der Waals surface area contributed by atoms with Crippen LogP contribution in [0.2, 0.25) is 0 Å². The maximum atomic E-state index is 3.63. The van der Waals surface area contributed by atoms with Crippen LogP contribution in [-0.4, -0.2) is 12.1 Å². The van der Waals surface area contributed by atoms with E-state index in [-0.39, 0.29) is 1.43 Å². The van der Waals surface area contributed by atoms with Crippen LogP contribution < -0.4 is 5.32 Å². The molecule has 1 saturated carbocycles. The summed E-state index contributed by atoms with van der Waals surface area (Å²) in [6, 6.07) is 1.77. The van der Waals surface area contributed by atoms with Crippen LogP contribution in [0.25, 0.3) is 0 Å². The lowest BCUT2D eigenvalue weighted by Crippen LogP contribution is -2.30. The van der Waals surface area contributed by atoms with Crippen molar-refractivity contribution in [1.29, 1.82) is 0 Å². The quantitative estimate of drug-likeness (QED) is 0.564. The monoisotopic (exact) mass is 127 g/mol. The minimum absolute atomic E-state index is 0. The van der Waals surface area contributed by atoms with E-state index in [1.165, 1.54) is 12.8 Å². The smallest absolute Gasteiger partial charge is 0.0102 e. The first-order valence-electron chi connectivity index (χ1n) is 4.03. The van der Waals surface area contributed by atoms with Crippen LogP contribution in [-0.2, 0) is 0 Å². The zero-order valence-corrected chi connectivity index (χ0v) is 6.22. The Hall–Kier alpha value is -0.0400. The zero-order chi connectivity index (χ0) is 6.43. The van der Waals surface area contributed by atoms with Crippen LogP contribution in [0.15, 0.2) is 0 Å². The molecule has 1 saturated heterocycles. The van der Waals surface area contributed by atoms with Crippen molar-refractivity contribution in [3.8, 4) is 0 Å². The molecule has 2 fully saturated rings. The molecule has 0 bridgehead atoms. The number of piperidine rings is 1. The van der Waals surface area contributed by atoms with Gasteiger partial charge < -0.3 is 5.32 Å². The third-order valence-electron chi connectivity index (χ3n) is 2.71. The molecule has 0 aromatic carbocycles. The van der Waals surface area contributed by atoms with Gasteiger partial charge in [0.1, 0.15) is 0 Å². The SMILES string of the molecule is CC(C)C1CC2CC2N1.[HH]. The highest BCUT2D eigenvalue weighted by atomic mass is 15.1. The molecule has 2 rings (SSSR count). The van der Waals surface area contributed by atoms with Crippen LogP contribution in [0.3, 0.4) is 0 Å². The topological polar surface area (TPSA) is 12.0 Å². The Morgan fingerprint density at radius 3 is 2.56 bits per heavy atom. The normalized spacial score (nSPS) is 47.7. The van der Waals surface area contributed by atoms with Crippen LogP contribution in [0, 0.1) is 11.8 Å². The first kappa shape index (κ1) is 5.72. The second kappa shape index (κ2) is 1.72. The number of hydrogen-bond acceptors (Lipinski definition) is 1. The van der Waals surface area contributed by atoms with Gasteiger partial charge in [0, 0.05) is 13.5 Å². The van der Waals surface area contributed by atoms with Crippen LogP contribution in [0.5, 0.6) is 0 Å². The first-order chi connectivity index (χ1) is 4.27. The maximum absolute atomic E-state index is 3.63. The van der Waals surface area contributed by atoms with E-state index >= 15 is 0 Å². The highest BCUT2D eigenvalue weighted by Crippen LogP contribution is 2.42. The standard InChI is InChI=1S/C8H15N.H2/c1-5(2)7-3-6-4-8(6)9-7;/h5-9H,3-4H2,1-2H3;1H. The Bertz CT molecular complexity index is 114. The van der Waals surface area contributed by atoms with Gasteiger partial charge in [-0.25, -0.2) is 0 Å².